The molecule has 1 heterocycles. The summed E-state index contributed by atoms with van der Waals surface area (Å²) >= 11 is 0.717. The number of benzene rings is 2. The lowest BCUT2D eigenvalue weighted by atomic mass is 10.0. The molecule has 0 fully saturated rings. The lowest BCUT2D eigenvalue weighted by Gasteiger charge is -2.12. The number of unbranched alkanes of at least 4 members (excludes halogenated alkanes) is 1. The molecule has 3 aromatic rings. The number of carbonyl (C=O) groups excluding carboxylic acids is 1. The first kappa shape index (κ1) is 24.4. The van der Waals surface area contributed by atoms with Crippen molar-refractivity contribution in [2.24, 2.45) is 5.16 Å². The van der Waals surface area contributed by atoms with Crippen molar-refractivity contribution < 1.29 is 22.8 Å². The minimum absolute atomic E-state index is 0.173. The molecular formula is C24H24F3N3O2S. The zero-order chi connectivity index (χ0) is 24.0. The molecule has 0 aliphatic carbocycles. The maximum absolute atomic E-state index is 13.3. The number of amides is 1. The average Bonchev–Trinajstić information content (AvgIpc) is 3.20. The number of hydrogen-bond donors (Lipinski definition) is 1. The van der Waals surface area contributed by atoms with Crippen LogP contribution >= 0.6 is 11.3 Å². The number of anilines is 1. The summed E-state index contributed by atoms with van der Waals surface area (Å²) < 4.78 is 39.8. The summed E-state index contributed by atoms with van der Waals surface area (Å²) in [6.45, 7) is 5.93. The number of thiazole rings is 1. The highest BCUT2D eigenvalue weighted by molar-refractivity contribution is 7.13. The van der Waals surface area contributed by atoms with Crippen LogP contribution in [0.4, 0.5) is 18.9 Å². The van der Waals surface area contributed by atoms with E-state index in [0.29, 0.717) is 29.2 Å². The van der Waals surface area contributed by atoms with E-state index in [9.17, 15) is 18.0 Å². The number of alkyl halides is 3. The van der Waals surface area contributed by atoms with Crippen molar-refractivity contribution in [3.05, 3.63) is 69.7 Å². The third-order valence-electron chi connectivity index (χ3n) is 4.79. The highest BCUT2D eigenvalue weighted by atomic mass is 32.1. The largest absolute Gasteiger partial charge is 0.435 e. The first-order valence-corrected chi connectivity index (χ1v) is 11.2. The molecule has 0 radical (unpaired) electrons. The second kappa shape index (κ2) is 10.6. The Balaban J connectivity index is 1.82. The van der Waals surface area contributed by atoms with E-state index in [2.05, 4.69) is 22.4 Å². The lowest BCUT2D eigenvalue weighted by molar-refractivity contribution is -0.141. The van der Waals surface area contributed by atoms with E-state index in [1.807, 2.05) is 31.2 Å². The topological polar surface area (TPSA) is 63.6 Å². The van der Waals surface area contributed by atoms with Crippen LogP contribution in [0.5, 0.6) is 0 Å². The molecule has 33 heavy (non-hydrogen) atoms. The van der Waals surface area contributed by atoms with Crippen LogP contribution in [-0.2, 0) is 11.0 Å². The molecule has 2 aromatic carbocycles. The van der Waals surface area contributed by atoms with Gasteiger partial charge in [0.1, 0.15) is 11.5 Å². The van der Waals surface area contributed by atoms with Gasteiger partial charge in [-0.3, -0.25) is 4.79 Å². The summed E-state index contributed by atoms with van der Waals surface area (Å²) in [5, 5.41) is 6.91. The molecule has 0 spiro atoms. The minimum atomic E-state index is -4.70. The predicted octanol–water partition coefficient (Wildman–Crippen LogP) is 6.93. The van der Waals surface area contributed by atoms with Crippen molar-refractivity contribution in [1.29, 1.82) is 0 Å². The quantitative estimate of drug-likeness (QED) is 0.218. The van der Waals surface area contributed by atoms with Crippen LogP contribution in [0.3, 0.4) is 0 Å². The van der Waals surface area contributed by atoms with Crippen molar-refractivity contribution in [3.63, 3.8) is 0 Å². The van der Waals surface area contributed by atoms with Gasteiger partial charge in [-0.15, -0.1) is 11.3 Å². The molecular weight excluding hydrogens is 451 g/mol. The van der Waals surface area contributed by atoms with Gasteiger partial charge in [0.2, 0.25) is 0 Å². The first-order chi connectivity index (χ1) is 15.7. The number of nitrogens with one attached hydrogen (secondary N) is 1. The Hall–Kier alpha value is -3.20. The number of halogens is 3. The van der Waals surface area contributed by atoms with E-state index in [0.717, 1.165) is 29.7 Å². The Labute approximate surface area is 194 Å². The fourth-order valence-corrected chi connectivity index (χ4v) is 3.93. The summed E-state index contributed by atoms with van der Waals surface area (Å²) in [5.41, 5.74) is 2.33. The van der Waals surface area contributed by atoms with Crippen LogP contribution in [0.1, 0.15) is 52.6 Å². The van der Waals surface area contributed by atoms with Crippen LogP contribution in [0, 0.1) is 6.92 Å². The standard InChI is InChI=1S/C24H24F3N3O2S/c1-4-5-14-32-30-15(2)17-10-12-18(13-11-17)19-8-6-7-9-20(19)29-23(31)21-22(24(25,26)27)28-16(3)33-21/h6-13H,4-5,14H2,1-3H3,(H,29,31)/b30-15-. The van der Waals surface area contributed by atoms with E-state index in [4.69, 9.17) is 4.84 Å². The van der Waals surface area contributed by atoms with Gasteiger partial charge in [-0.1, -0.05) is 61.0 Å². The van der Waals surface area contributed by atoms with Gasteiger partial charge in [-0.25, -0.2) is 4.98 Å². The summed E-state index contributed by atoms with van der Waals surface area (Å²) in [7, 11) is 0. The van der Waals surface area contributed by atoms with Crippen molar-refractivity contribution in [2.45, 2.75) is 39.8 Å². The van der Waals surface area contributed by atoms with Crippen LogP contribution in [0.15, 0.2) is 53.7 Å². The highest BCUT2D eigenvalue weighted by Crippen LogP contribution is 2.35. The van der Waals surface area contributed by atoms with Crippen molar-refractivity contribution in [2.75, 3.05) is 11.9 Å². The van der Waals surface area contributed by atoms with Crippen LogP contribution in [0.2, 0.25) is 0 Å². The maximum Gasteiger partial charge on any atom is 0.435 e. The number of aromatic nitrogens is 1. The predicted molar refractivity (Wildman–Crippen MR) is 125 cm³/mol. The second-order valence-corrected chi connectivity index (χ2v) is 8.55. The van der Waals surface area contributed by atoms with Crippen LogP contribution < -0.4 is 5.32 Å². The molecule has 174 valence electrons. The van der Waals surface area contributed by atoms with Crippen molar-refractivity contribution in [3.8, 4) is 11.1 Å². The number of oxime groups is 1. The number of rotatable bonds is 8. The first-order valence-electron chi connectivity index (χ1n) is 10.4. The van der Waals surface area contributed by atoms with E-state index in [-0.39, 0.29) is 5.01 Å². The summed E-state index contributed by atoms with van der Waals surface area (Å²) in [4.78, 5) is 21.0. The SMILES string of the molecule is CCCCO/N=C(/C)c1ccc(-c2ccccc2NC(=O)c2sc(C)nc2C(F)(F)F)cc1. The van der Waals surface area contributed by atoms with Gasteiger partial charge < -0.3 is 10.2 Å². The third-order valence-corrected chi connectivity index (χ3v) is 5.76. The monoisotopic (exact) mass is 475 g/mol. The molecule has 3 rings (SSSR count). The van der Waals surface area contributed by atoms with Gasteiger partial charge >= 0.3 is 6.18 Å². The summed E-state index contributed by atoms with van der Waals surface area (Å²) in [6.07, 6.45) is -2.74. The van der Waals surface area contributed by atoms with Crippen LogP contribution in [0.25, 0.3) is 11.1 Å². The van der Waals surface area contributed by atoms with E-state index in [1.54, 1.807) is 24.3 Å². The van der Waals surface area contributed by atoms with Gasteiger partial charge in [0.15, 0.2) is 5.69 Å². The average molecular weight is 476 g/mol. The van der Waals surface area contributed by atoms with Gasteiger partial charge in [0.05, 0.1) is 10.7 Å². The fourth-order valence-electron chi connectivity index (χ4n) is 3.09. The molecule has 0 aliphatic heterocycles. The molecule has 0 bridgehead atoms. The Kier molecular flexibility index (Phi) is 7.86. The van der Waals surface area contributed by atoms with Gasteiger partial charge in [-0.2, -0.15) is 13.2 Å². The van der Waals surface area contributed by atoms with Gasteiger partial charge in [-0.05, 0) is 37.5 Å². The smallest absolute Gasteiger partial charge is 0.396 e. The molecule has 0 unspecified atom stereocenters. The molecule has 1 N–H and O–H groups in total. The van der Waals surface area contributed by atoms with Crippen LogP contribution in [-0.4, -0.2) is 23.2 Å². The van der Waals surface area contributed by atoms with E-state index >= 15 is 0 Å². The number of aryl methyl sites for hydroxylation is 1. The fraction of sp³-hybridized carbons (Fsp3) is 0.292. The Morgan fingerprint density at radius 1 is 1.15 bits per heavy atom. The number of para-hydroxylation sites is 1. The molecule has 5 nitrogen and oxygen atoms in total. The number of hydrogen-bond acceptors (Lipinski definition) is 5. The molecule has 0 atom stereocenters. The molecule has 0 saturated heterocycles. The van der Waals surface area contributed by atoms with Gasteiger partial charge in [0.25, 0.3) is 5.91 Å². The van der Waals surface area contributed by atoms with E-state index in [1.165, 1.54) is 6.92 Å². The zero-order valence-corrected chi connectivity index (χ0v) is 19.3. The third kappa shape index (κ3) is 6.19. The molecule has 0 saturated carbocycles. The molecule has 9 heteroatoms. The van der Waals surface area contributed by atoms with E-state index < -0.39 is 22.7 Å². The Morgan fingerprint density at radius 2 is 1.85 bits per heavy atom. The zero-order valence-electron chi connectivity index (χ0n) is 18.5. The molecule has 1 aromatic heterocycles. The number of nitrogens with zero attached hydrogens (tertiary/aromatic N) is 2. The maximum atomic E-state index is 13.3. The second-order valence-electron chi connectivity index (χ2n) is 7.35. The molecule has 0 aliphatic rings. The van der Waals surface area contributed by atoms with Crippen molar-refractivity contribution >= 4 is 28.6 Å². The highest BCUT2D eigenvalue weighted by Gasteiger charge is 2.39. The lowest BCUT2D eigenvalue weighted by Crippen LogP contribution is -2.17. The number of carbonyl (C=O) groups is 1. The molecule has 1 amide bonds. The summed E-state index contributed by atoms with van der Waals surface area (Å²) in [5.74, 6) is -0.843. The normalized spacial score (nSPS) is 12.0. The van der Waals surface area contributed by atoms with Gasteiger partial charge in [0, 0.05) is 11.3 Å². The summed E-state index contributed by atoms with van der Waals surface area (Å²) in [6, 6.07) is 14.4. The minimum Gasteiger partial charge on any atom is -0.396 e. The van der Waals surface area contributed by atoms with Crippen molar-refractivity contribution in [1.82, 2.24) is 4.98 Å². The Morgan fingerprint density at radius 3 is 2.52 bits per heavy atom. The Bertz CT molecular complexity index is 1140.